The van der Waals surface area contributed by atoms with E-state index in [1.54, 1.807) is 0 Å². The molecule has 1 aromatic heterocycles. The molecule has 0 amide bonds. The van der Waals surface area contributed by atoms with Gasteiger partial charge in [0.05, 0.1) is 18.1 Å². The van der Waals surface area contributed by atoms with Crippen molar-refractivity contribution in [3.05, 3.63) is 53.3 Å². The van der Waals surface area contributed by atoms with E-state index < -0.39 is 0 Å². The van der Waals surface area contributed by atoms with Crippen LogP contribution in [0.4, 0.5) is 0 Å². The van der Waals surface area contributed by atoms with Gasteiger partial charge in [-0.05, 0) is 18.9 Å². The Hall–Kier alpha value is -1.28. The highest BCUT2D eigenvalue weighted by atomic mass is 35.5. The molecule has 1 unspecified atom stereocenters. The fourth-order valence-corrected chi connectivity index (χ4v) is 1.97. The van der Waals surface area contributed by atoms with Crippen LogP contribution in [-0.4, -0.2) is 9.78 Å². The summed E-state index contributed by atoms with van der Waals surface area (Å²) in [6, 6.07) is 8.47. The highest BCUT2D eigenvalue weighted by Crippen LogP contribution is 2.22. The molecule has 2 aromatic rings. The van der Waals surface area contributed by atoms with Gasteiger partial charge in [0.25, 0.3) is 0 Å². The van der Waals surface area contributed by atoms with E-state index in [2.05, 4.69) is 43.2 Å². The van der Waals surface area contributed by atoms with Crippen LogP contribution in [0.1, 0.15) is 35.4 Å². The Morgan fingerprint density at radius 3 is 2.94 bits per heavy atom. The van der Waals surface area contributed by atoms with Crippen molar-refractivity contribution in [2.45, 2.75) is 32.2 Å². The van der Waals surface area contributed by atoms with Gasteiger partial charge in [0.1, 0.15) is 0 Å². The number of hydrogen-bond acceptors (Lipinski definition) is 1. The maximum absolute atomic E-state index is 6.18. The third kappa shape index (κ3) is 3.10. The van der Waals surface area contributed by atoms with Crippen molar-refractivity contribution < 1.29 is 0 Å². The Morgan fingerprint density at radius 2 is 2.24 bits per heavy atom. The number of nitrogens with zero attached hydrogens (tertiary/aromatic N) is 2. The standard InChI is InChI=1S/C14H17ClN2/c1-3-14(15)13-8-16-17(10-13)9-12-6-4-5-11(2)7-12/h4-8,10,14H,3,9H2,1-2H3. The summed E-state index contributed by atoms with van der Waals surface area (Å²) >= 11 is 6.18. The van der Waals surface area contributed by atoms with Crippen molar-refractivity contribution in [3.8, 4) is 0 Å². The lowest BCUT2D eigenvalue weighted by Gasteiger charge is -2.03. The monoisotopic (exact) mass is 248 g/mol. The molecular formula is C14H17ClN2. The van der Waals surface area contributed by atoms with Gasteiger partial charge in [-0.25, -0.2) is 0 Å². The van der Waals surface area contributed by atoms with E-state index >= 15 is 0 Å². The summed E-state index contributed by atoms with van der Waals surface area (Å²) in [4.78, 5) is 0. The number of hydrogen-bond donors (Lipinski definition) is 0. The van der Waals surface area contributed by atoms with Crippen molar-refractivity contribution in [2.24, 2.45) is 0 Å². The van der Waals surface area contributed by atoms with Crippen LogP contribution in [0.15, 0.2) is 36.7 Å². The molecule has 17 heavy (non-hydrogen) atoms. The molecule has 0 aliphatic heterocycles. The Kier molecular flexibility index (Phi) is 3.85. The maximum Gasteiger partial charge on any atom is 0.0659 e. The zero-order valence-electron chi connectivity index (χ0n) is 10.2. The summed E-state index contributed by atoms with van der Waals surface area (Å²) < 4.78 is 1.94. The van der Waals surface area contributed by atoms with E-state index in [0.717, 1.165) is 18.5 Å². The summed E-state index contributed by atoms with van der Waals surface area (Å²) in [5.41, 5.74) is 3.64. The minimum Gasteiger partial charge on any atom is -0.268 e. The third-order valence-electron chi connectivity index (χ3n) is 2.80. The van der Waals surface area contributed by atoms with E-state index in [1.807, 2.05) is 17.1 Å². The van der Waals surface area contributed by atoms with Crippen LogP contribution in [0.25, 0.3) is 0 Å². The molecule has 0 spiro atoms. The predicted octanol–water partition coefficient (Wildman–Crippen LogP) is 3.93. The van der Waals surface area contributed by atoms with Crippen molar-refractivity contribution in [1.29, 1.82) is 0 Å². The molecule has 0 N–H and O–H groups in total. The smallest absolute Gasteiger partial charge is 0.0659 e. The molecule has 1 heterocycles. The summed E-state index contributed by atoms with van der Waals surface area (Å²) in [7, 11) is 0. The molecule has 1 aromatic carbocycles. The zero-order valence-corrected chi connectivity index (χ0v) is 11.0. The quantitative estimate of drug-likeness (QED) is 0.750. The number of benzene rings is 1. The SMILES string of the molecule is CCC(Cl)c1cnn(Cc2cccc(C)c2)c1. The second-order valence-electron chi connectivity index (χ2n) is 4.34. The number of alkyl halides is 1. The van der Waals surface area contributed by atoms with E-state index in [-0.39, 0.29) is 5.38 Å². The third-order valence-corrected chi connectivity index (χ3v) is 3.36. The first-order chi connectivity index (χ1) is 8.19. The average Bonchev–Trinajstić information content (AvgIpc) is 2.76. The second-order valence-corrected chi connectivity index (χ2v) is 4.86. The lowest BCUT2D eigenvalue weighted by molar-refractivity contribution is 0.685. The summed E-state index contributed by atoms with van der Waals surface area (Å²) in [5, 5.41) is 4.41. The number of aryl methyl sites for hydroxylation is 1. The first kappa shape index (κ1) is 12.2. The van der Waals surface area contributed by atoms with Crippen LogP contribution in [0.3, 0.4) is 0 Å². The fraction of sp³-hybridized carbons (Fsp3) is 0.357. The Balaban J connectivity index is 2.11. The first-order valence-corrected chi connectivity index (χ1v) is 6.34. The zero-order chi connectivity index (χ0) is 12.3. The predicted molar refractivity (Wildman–Crippen MR) is 71.4 cm³/mol. The Morgan fingerprint density at radius 1 is 1.41 bits per heavy atom. The molecule has 90 valence electrons. The molecule has 0 aliphatic carbocycles. The summed E-state index contributed by atoms with van der Waals surface area (Å²) in [5.74, 6) is 0. The number of halogens is 1. The molecule has 0 saturated carbocycles. The minimum atomic E-state index is 0.0706. The van der Waals surface area contributed by atoms with Crippen LogP contribution in [0.5, 0.6) is 0 Å². The van der Waals surface area contributed by atoms with Gasteiger partial charge in [-0.1, -0.05) is 36.8 Å². The van der Waals surface area contributed by atoms with Crippen LogP contribution >= 0.6 is 11.6 Å². The topological polar surface area (TPSA) is 17.8 Å². The minimum absolute atomic E-state index is 0.0706. The molecule has 0 radical (unpaired) electrons. The molecule has 2 rings (SSSR count). The van der Waals surface area contributed by atoms with Gasteiger partial charge < -0.3 is 0 Å². The molecule has 0 saturated heterocycles. The Labute approximate surface area is 107 Å². The van der Waals surface area contributed by atoms with Gasteiger partial charge in [0, 0.05) is 11.8 Å². The largest absolute Gasteiger partial charge is 0.268 e. The van der Waals surface area contributed by atoms with Gasteiger partial charge in [-0.2, -0.15) is 5.10 Å². The maximum atomic E-state index is 6.18. The van der Waals surface area contributed by atoms with E-state index in [1.165, 1.54) is 11.1 Å². The van der Waals surface area contributed by atoms with Gasteiger partial charge in [0.15, 0.2) is 0 Å². The second kappa shape index (κ2) is 5.37. The van der Waals surface area contributed by atoms with Gasteiger partial charge in [-0.3, -0.25) is 4.68 Å². The first-order valence-electron chi connectivity index (χ1n) is 5.91. The number of aromatic nitrogens is 2. The van der Waals surface area contributed by atoms with Crippen LogP contribution in [-0.2, 0) is 6.54 Å². The molecule has 0 aliphatic rings. The molecule has 0 bridgehead atoms. The Bertz CT molecular complexity index is 490. The highest BCUT2D eigenvalue weighted by Gasteiger charge is 2.07. The van der Waals surface area contributed by atoms with E-state index in [4.69, 9.17) is 11.6 Å². The van der Waals surface area contributed by atoms with Crippen molar-refractivity contribution >= 4 is 11.6 Å². The molecule has 0 fully saturated rings. The normalized spacial score (nSPS) is 12.6. The fourth-order valence-electron chi connectivity index (χ4n) is 1.86. The van der Waals surface area contributed by atoms with Crippen LogP contribution in [0, 0.1) is 6.92 Å². The highest BCUT2D eigenvalue weighted by molar-refractivity contribution is 6.20. The van der Waals surface area contributed by atoms with Crippen molar-refractivity contribution in [3.63, 3.8) is 0 Å². The van der Waals surface area contributed by atoms with E-state index in [9.17, 15) is 0 Å². The van der Waals surface area contributed by atoms with Gasteiger partial charge in [0.2, 0.25) is 0 Å². The lowest BCUT2D eigenvalue weighted by Crippen LogP contribution is -2.00. The van der Waals surface area contributed by atoms with Gasteiger partial charge >= 0.3 is 0 Å². The molecule has 3 heteroatoms. The number of rotatable bonds is 4. The van der Waals surface area contributed by atoms with Crippen molar-refractivity contribution in [1.82, 2.24) is 9.78 Å². The summed E-state index contributed by atoms with van der Waals surface area (Å²) in [6.45, 7) is 4.98. The van der Waals surface area contributed by atoms with Gasteiger partial charge in [-0.15, -0.1) is 11.6 Å². The lowest BCUT2D eigenvalue weighted by atomic mass is 10.1. The molecular weight excluding hydrogens is 232 g/mol. The average molecular weight is 249 g/mol. The summed E-state index contributed by atoms with van der Waals surface area (Å²) in [6.07, 6.45) is 4.82. The molecule has 1 atom stereocenters. The van der Waals surface area contributed by atoms with Crippen LogP contribution < -0.4 is 0 Å². The van der Waals surface area contributed by atoms with Crippen molar-refractivity contribution in [2.75, 3.05) is 0 Å². The molecule has 2 nitrogen and oxygen atoms in total. The van der Waals surface area contributed by atoms with Crippen LogP contribution in [0.2, 0.25) is 0 Å². The van der Waals surface area contributed by atoms with E-state index in [0.29, 0.717) is 0 Å².